The minimum absolute atomic E-state index is 0.0861. The van der Waals surface area contributed by atoms with E-state index in [1.807, 2.05) is 0 Å². The van der Waals surface area contributed by atoms with Crippen LogP contribution in [0.4, 0.5) is 5.69 Å². The molecule has 0 radical (unpaired) electrons. The lowest BCUT2D eigenvalue weighted by atomic mass is 10.3. The van der Waals surface area contributed by atoms with Gasteiger partial charge in [-0.05, 0) is 13.0 Å². The average Bonchev–Trinajstić information content (AvgIpc) is 2.94. The number of ether oxygens (including phenoxy) is 2. The number of H-pyrrole nitrogens is 1. The van der Waals surface area contributed by atoms with Crippen LogP contribution in [0.5, 0.6) is 5.75 Å². The quantitative estimate of drug-likeness (QED) is 0.486. The molecule has 21 heavy (non-hydrogen) atoms. The summed E-state index contributed by atoms with van der Waals surface area (Å²) < 4.78 is 10.1. The molecule has 0 amide bonds. The third-order valence-corrected chi connectivity index (χ3v) is 2.42. The van der Waals surface area contributed by atoms with E-state index in [0.717, 1.165) is 0 Å². The van der Waals surface area contributed by atoms with Gasteiger partial charge in [-0.15, -0.1) is 5.10 Å². The van der Waals surface area contributed by atoms with E-state index in [1.165, 1.54) is 18.2 Å². The van der Waals surface area contributed by atoms with E-state index in [0.29, 0.717) is 0 Å². The molecule has 1 aromatic carbocycles. The highest BCUT2D eigenvalue weighted by molar-refractivity contribution is 5.84. The molecular weight excluding hydrogens is 280 g/mol. The van der Waals surface area contributed by atoms with Crippen molar-refractivity contribution in [3.05, 3.63) is 46.0 Å². The van der Waals surface area contributed by atoms with Crippen molar-refractivity contribution < 1.29 is 19.2 Å². The number of aromatic amines is 1. The molecule has 110 valence electrons. The molecule has 1 heterocycles. The number of aromatic nitrogens is 3. The Morgan fingerprint density at radius 3 is 2.90 bits per heavy atom. The normalized spacial score (nSPS) is 10.1. The third-order valence-electron chi connectivity index (χ3n) is 2.42. The standard InChI is InChI=1S/C12H12N4O5/c1-2-20-12(17)11-13-10(14-15-11)7-21-9-6-4-3-5-8(9)16(18)19/h3-6H,2,7H2,1H3,(H,13,14,15). The molecule has 1 aromatic heterocycles. The number of carbonyl (C=O) groups is 1. The molecule has 0 atom stereocenters. The van der Waals surface area contributed by atoms with Gasteiger partial charge in [0, 0.05) is 6.07 Å². The topological polar surface area (TPSA) is 120 Å². The van der Waals surface area contributed by atoms with Gasteiger partial charge in [-0.2, -0.15) is 0 Å². The first-order valence-corrected chi connectivity index (χ1v) is 6.06. The van der Waals surface area contributed by atoms with E-state index in [9.17, 15) is 14.9 Å². The fourth-order valence-electron chi connectivity index (χ4n) is 1.52. The Bertz CT molecular complexity index is 655. The van der Waals surface area contributed by atoms with Crippen LogP contribution < -0.4 is 4.74 Å². The van der Waals surface area contributed by atoms with E-state index < -0.39 is 10.9 Å². The van der Waals surface area contributed by atoms with Crippen LogP contribution in [-0.4, -0.2) is 32.7 Å². The molecule has 9 nitrogen and oxygen atoms in total. The molecule has 0 aliphatic rings. The van der Waals surface area contributed by atoms with Crippen LogP contribution in [-0.2, 0) is 11.3 Å². The van der Waals surface area contributed by atoms with Crippen molar-refractivity contribution in [1.82, 2.24) is 15.2 Å². The number of nitro groups is 1. The van der Waals surface area contributed by atoms with Crippen LogP contribution in [0.25, 0.3) is 0 Å². The molecule has 9 heteroatoms. The molecule has 0 saturated carbocycles. The number of hydrogen-bond donors (Lipinski definition) is 1. The number of carbonyl (C=O) groups excluding carboxylic acids is 1. The zero-order valence-electron chi connectivity index (χ0n) is 11.1. The Morgan fingerprint density at radius 2 is 2.19 bits per heavy atom. The van der Waals surface area contributed by atoms with Crippen LogP contribution in [0.1, 0.15) is 23.4 Å². The Hall–Kier alpha value is -2.97. The molecule has 2 aromatic rings. The van der Waals surface area contributed by atoms with Gasteiger partial charge >= 0.3 is 11.7 Å². The van der Waals surface area contributed by atoms with E-state index in [-0.39, 0.29) is 36.3 Å². The molecule has 0 saturated heterocycles. The third kappa shape index (κ3) is 3.53. The second-order valence-electron chi connectivity index (χ2n) is 3.84. The van der Waals surface area contributed by atoms with Crippen molar-refractivity contribution in [3.63, 3.8) is 0 Å². The molecule has 0 aliphatic heterocycles. The maximum Gasteiger partial charge on any atom is 0.378 e. The Labute approximate surface area is 119 Å². The smallest absolute Gasteiger partial charge is 0.378 e. The van der Waals surface area contributed by atoms with Crippen molar-refractivity contribution in [2.45, 2.75) is 13.5 Å². The van der Waals surface area contributed by atoms with E-state index in [2.05, 4.69) is 15.2 Å². The molecule has 0 aliphatic carbocycles. The first-order valence-electron chi connectivity index (χ1n) is 6.06. The number of hydrogen-bond acceptors (Lipinski definition) is 7. The molecule has 1 N–H and O–H groups in total. The van der Waals surface area contributed by atoms with E-state index in [1.54, 1.807) is 13.0 Å². The zero-order valence-corrected chi connectivity index (χ0v) is 11.1. The summed E-state index contributed by atoms with van der Waals surface area (Å²) in [4.78, 5) is 25.5. The maximum absolute atomic E-state index is 11.4. The van der Waals surface area contributed by atoms with Crippen molar-refractivity contribution in [3.8, 4) is 5.75 Å². The minimum atomic E-state index is -0.648. The maximum atomic E-state index is 11.4. The monoisotopic (exact) mass is 292 g/mol. The second kappa shape index (κ2) is 6.46. The van der Waals surface area contributed by atoms with Crippen molar-refractivity contribution in [2.24, 2.45) is 0 Å². The molecule has 0 fully saturated rings. The molecule has 2 rings (SSSR count). The molecule has 0 spiro atoms. The Morgan fingerprint density at radius 1 is 1.43 bits per heavy atom. The highest BCUT2D eigenvalue weighted by atomic mass is 16.6. The van der Waals surface area contributed by atoms with Gasteiger partial charge in [0.25, 0.3) is 5.82 Å². The summed E-state index contributed by atoms with van der Waals surface area (Å²) in [6.07, 6.45) is 0. The lowest BCUT2D eigenvalue weighted by Crippen LogP contribution is -2.07. The first-order chi connectivity index (χ1) is 10.1. The van der Waals surface area contributed by atoms with Gasteiger partial charge in [-0.1, -0.05) is 12.1 Å². The van der Waals surface area contributed by atoms with Crippen LogP contribution in [0.2, 0.25) is 0 Å². The number of nitrogens with zero attached hydrogens (tertiary/aromatic N) is 3. The minimum Gasteiger partial charge on any atom is -0.479 e. The number of esters is 1. The molecular formula is C12H12N4O5. The summed E-state index contributed by atoms with van der Waals surface area (Å²) in [6.45, 7) is 1.80. The summed E-state index contributed by atoms with van der Waals surface area (Å²) in [6, 6.07) is 5.96. The van der Waals surface area contributed by atoms with Crippen LogP contribution in [0.3, 0.4) is 0 Å². The van der Waals surface area contributed by atoms with Crippen LogP contribution in [0, 0.1) is 10.1 Å². The zero-order chi connectivity index (χ0) is 15.2. The predicted octanol–water partition coefficient (Wildman–Crippen LogP) is 1.47. The summed E-state index contributed by atoms with van der Waals surface area (Å²) in [5.41, 5.74) is -0.150. The summed E-state index contributed by atoms with van der Waals surface area (Å²) in [7, 11) is 0. The van der Waals surface area contributed by atoms with Gasteiger partial charge in [0.05, 0.1) is 11.5 Å². The largest absolute Gasteiger partial charge is 0.479 e. The number of nitro benzene ring substituents is 1. The van der Waals surface area contributed by atoms with Gasteiger partial charge in [0.2, 0.25) is 0 Å². The number of benzene rings is 1. The SMILES string of the molecule is CCOC(=O)c1n[nH]c(COc2ccccc2[N+](=O)[O-])n1. The van der Waals surface area contributed by atoms with E-state index in [4.69, 9.17) is 9.47 Å². The lowest BCUT2D eigenvalue weighted by molar-refractivity contribution is -0.385. The second-order valence-corrected chi connectivity index (χ2v) is 3.84. The highest BCUT2D eigenvalue weighted by Crippen LogP contribution is 2.26. The lowest BCUT2D eigenvalue weighted by Gasteiger charge is -2.03. The van der Waals surface area contributed by atoms with Crippen molar-refractivity contribution in [1.29, 1.82) is 0 Å². The summed E-state index contributed by atoms with van der Waals surface area (Å²) in [5.74, 6) is -0.392. The fourth-order valence-corrected chi connectivity index (χ4v) is 1.52. The molecule has 0 bridgehead atoms. The Balaban J connectivity index is 2.04. The van der Waals surface area contributed by atoms with Crippen LogP contribution >= 0.6 is 0 Å². The van der Waals surface area contributed by atoms with Gasteiger partial charge in [0.1, 0.15) is 6.61 Å². The fraction of sp³-hybridized carbons (Fsp3) is 0.250. The van der Waals surface area contributed by atoms with Crippen molar-refractivity contribution >= 4 is 11.7 Å². The Kier molecular flexibility index (Phi) is 4.44. The van der Waals surface area contributed by atoms with Gasteiger partial charge in [-0.3, -0.25) is 15.2 Å². The molecule has 0 unspecified atom stereocenters. The average molecular weight is 292 g/mol. The predicted molar refractivity (Wildman–Crippen MR) is 69.8 cm³/mol. The van der Waals surface area contributed by atoms with Crippen molar-refractivity contribution in [2.75, 3.05) is 6.61 Å². The van der Waals surface area contributed by atoms with Gasteiger partial charge in [0.15, 0.2) is 11.6 Å². The first kappa shape index (κ1) is 14.4. The highest BCUT2D eigenvalue weighted by Gasteiger charge is 2.16. The van der Waals surface area contributed by atoms with Crippen LogP contribution in [0.15, 0.2) is 24.3 Å². The number of nitrogens with one attached hydrogen (secondary N) is 1. The number of rotatable bonds is 6. The number of para-hydroxylation sites is 2. The summed E-state index contributed by atoms with van der Waals surface area (Å²) >= 11 is 0. The van der Waals surface area contributed by atoms with Gasteiger partial charge in [-0.25, -0.2) is 9.78 Å². The summed E-state index contributed by atoms with van der Waals surface area (Å²) in [5, 5.41) is 17.0. The van der Waals surface area contributed by atoms with Gasteiger partial charge < -0.3 is 9.47 Å². The van der Waals surface area contributed by atoms with E-state index >= 15 is 0 Å².